The predicted molar refractivity (Wildman–Crippen MR) is 99.9 cm³/mol. The summed E-state index contributed by atoms with van der Waals surface area (Å²) in [4.78, 5) is 15.9. The molecule has 0 bridgehead atoms. The van der Waals surface area contributed by atoms with Crippen molar-refractivity contribution in [3.8, 4) is 0 Å². The van der Waals surface area contributed by atoms with Gasteiger partial charge in [-0.2, -0.15) is 0 Å². The summed E-state index contributed by atoms with van der Waals surface area (Å²) in [7, 11) is 0. The molecular formula is C20H25NO3S. The molecule has 3 rings (SSSR count). The molecule has 0 amide bonds. The lowest BCUT2D eigenvalue weighted by atomic mass is 9.89. The van der Waals surface area contributed by atoms with Crippen LogP contribution in [0.4, 0.5) is 0 Å². The van der Waals surface area contributed by atoms with Gasteiger partial charge in [-0.15, -0.1) is 11.3 Å². The molecule has 1 aliphatic heterocycles. The average Bonchev–Trinajstić information content (AvgIpc) is 3.16. The Balaban J connectivity index is 1.36. The summed E-state index contributed by atoms with van der Waals surface area (Å²) in [6, 6.07) is 13.6. The van der Waals surface area contributed by atoms with Crippen molar-refractivity contribution in [2.24, 2.45) is 5.92 Å². The van der Waals surface area contributed by atoms with Gasteiger partial charge in [-0.25, -0.2) is 0 Å². The number of aliphatic hydroxyl groups excluding tert-OH is 1. The Bertz CT molecular complexity index is 636. The maximum Gasteiger partial charge on any atom is 0.166 e. The highest BCUT2D eigenvalue weighted by Gasteiger charge is 2.26. The molecule has 4 nitrogen and oxygen atoms in total. The van der Waals surface area contributed by atoms with Crippen LogP contribution in [0.25, 0.3) is 0 Å². The number of benzene rings is 1. The smallest absolute Gasteiger partial charge is 0.166 e. The van der Waals surface area contributed by atoms with E-state index >= 15 is 0 Å². The van der Waals surface area contributed by atoms with E-state index in [2.05, 4.69) is 4.90 Å². The fourth-order valence-electron chi connectivity index (χ4n) is 3.26. The van der Waals surface area contributed by atoms with Crippen LogP contribution in [0.3, 0.4) is 0 Å². The van der Waals surface area contributed by atoms with E-state index in [9.17, 15) is 9.90 Å². The summed E-state index contributed by atoms with van der Waals surface area (Å²) in [5.74, 6) is 0.353. The topological polar surface area (TPSA) is 49.8 Å². The first kappa shape index (κ1) is 18.3. The Morgan fingerprint density at radius 1 is 1.20 bits per heavy atom. The number of nitrogens with zero attached hydrogens (tertiary/aromatic N) is 1. The number of β-amino-alcohol motifs (C(OH)–C–C–N with tert-alkyl or cyclic N) is 1. The molecule has 0 aliphatic carbocycles. The molecular weight excluding hydrogens is 334 g/mol. The van der Waals surface area contributed by atoms with Gasteiger partial charge in [0.05, 0.1) is 19.3 Å². The Morgan fingerprint density at radius 2 is 1.96 bits per heavy atom. The highest BCUT2D eigenvalue weighted by Crippen LogP contribution is 2.22. The highest BCUT2D eigenvalue weighted by atomic mass is 32.1. The fourth-order valence-corrected chi connectivity index (χ4v) is 3.90. The molecule has 1 aromatic carbocycles. The van der Waals surface area contributed by atoms with Gasteiger partial charge in [0.15, 0.2) is 5.78 Å². The SMILES string of the molecule is O=C(c1ccccc1)C1CCN(CC(O)COCc2cccs2)CC1. The van der Waals surface area contributed by atoms with E-state index in [0.29, 0.717) is 19.8 Å². The number of ether oxygens (including phenoxy) is 1. The van der Waals surface area contributed by atoms with Crippen molar-refractivity contribution in [2.75, 3.05) is 26.2 Å². The molecule has 2 heterocycles. The maximum atomic E-state index is 12.5. The van der Waals surface area contributed by atoms with Gasteiger partial charge < -0.3 is 14.7 Å². The Hall–Kier alpha value is -1.53. The van der Waals surface area contributed by atoms with E-state index in [-0.39, 0.29) is 11.7 Å². The Morgan fingerprint density at radius 3 is 2.64 bits per heavy atom. The number of piperidine rings is 1. The number of hydrogen-bond acceptors (Lipinski definition) is 5. The maximum absolute atomic E-state index is 12.5. The molecule has 1 fully saturated rings. The first-order chi connectivity index (χ1) is 12.2. The summed E-state index contributed by atoms with van der Waals surface area (Å²) in [5.41, 5.74) is 0.808. The van der Waals surface area contributed by atoms with Crippen LogP contribution in [0.15, 0.2) is 47.8 Å². The van der Waals surface area contributed by atoms with Gasteiger partial charge in [0, 0.05) is 22.9 Å². The number of ketones is 1. The van der Waals surface area contributed by atoms with E-state index in [1.54, 1.807) is 11.3 Å². The summed E-state index contributed by atoms with van der Waals surface area (Å²) >= 11 is 1.66. The molecule has 1 aromatic heterocycles. The van der Waals surface area contributed by atoms with E-state index in [1.807, 2.05) is 47.8 Å². The van der Waals surface area contributed by atoms with Crippen LogP contribution in [0, 0.1) is 5.92 Å². The van der Waals surface area contributed by atoms with Gasteiger partial charge in [-0.3, -0.25) is 4.79 Å². The second kappa shape index (κ2) is 9.25. The van der Waals surface area contributed by atoms with Crippen LogP contribution in [-0.4, -0.2) is 48.1 Å². The zero-order valence-corrected chi connectivity index (χ0v) is 15.2. The monoisotopic (exact) mass is 359 g/mol. The summed E-state index contributed by atoms with van der Waals surface area (Å²) in [6.07, 6.45) is 1.23. The summed E-state index contributed by atoms with van der Waals surface area (Å²) < 4.78 is 5.58. The fraction of sp³-hybridized carbons (Fsp3) is 0.450. The molecule has 25 heavy (non-hydrogen) atoms. The molecule has 0 saturated carbocycles. The molecule has 2 aromatic rings. The third-order valence-corrected chi connectivity index (χ3v) is 5.47. The largest absolute Gasteiger partial charge is 0.389 e. The van der Waals surface area contributed by atoms with E-state index in [0.717, 1.165) is 31.5 Å². The van der Waals surface area contributed by atoms with Crippen LogP contribution < -0.4 is 0 Å². The van der Waals surface area contributed by atoms with Gasteiger partial charge in [0.25, 0.3) is 0 Å². The molecule has 0 radical (unpaired) electrons. The predicted octanol–water partition coefficient (Wildman–Crippen LogP) is 3.22. The molecule has 5 heteroatoms. The lowest BCUT2D eigenvalue weighted by molar-refractivity contribution is 0.00557. The minimum Gasteiger partial charge on any atom is -0.389 e. The highest BCUT2D eigenvalue weighted by molar-refractivity contribution is 7.09. The number of likely N-dealkylation sites (tertiary alicyclic amines) is 1. The van der Waals surface area contributed by atoms with Crippen molar-refractivity contribution in [3.63, 3.8) is 0 Å². The number of carbonyl (C=O) groups excluding carboxylic acids is 1. The van der Waals surface area contributed by atoms with Gasteiger partial charge in [0.1, 0.15) is 0 Å². The third kappa shape index (κ3) is 5.47. The van der Waals surface area contributed by atoms with Crippen molar-refractivity contribution in [1.29, 1.82) is 0 Å². The number of Topliss-reactive ketones (excluding diaryl/α,β-unsaturated/α-hetero) is 1. The quantitative estimate of drug-likeness (QED) is 0.735. The molecule has 1 saturated heterocycles. The molecule has 1 unspecified atom stereocenters. The lowest BCUT2D eigenvalue weighted by Gasteiger charge is -2.32. The molecule has 134 valence electrons. The van der Waals surface area contributed by atoms with Crippen LogP contribution in [0.5, 0.6) is 0 Å². The number of thiophene rings is 1. The van der Waals surface area contributed by atoms with E-state index < -0.39 is 6.10 Å². The van der Waals surface area contributed by atoms with Crippen molar-refractivity contribution < 1.29 is 14.6 Å². The number of hydrogen-bond donors (Lipinski definition) is 1. The zero-order chi connectivity index (χ0) is 17.5. The first-order valence-corrected chi connectivity index (χ1v) is 9.70. The average molecular weight is 359 g/mol. The normalized spacial score (nSPS) is 17.5. The van der Waals surface area contributed by atoms with Gasteiger partial charge >= 0.3 is 0 Å². The third-order valence-electron chi connectivity index (χ3n) is 4.62. The van der Waals surface area contributed by atoms with Crippen LogP contribution in [0.1, 0.15) is 28.1 Å². The lowest BCUT2D eigenvalue weighted by Crippen LogP contribution is -2.41. The molecule has 1 aliphatic rings. The second-order valence-corrected chi connectivity index (χ2v) is 7.59. The second-order valence-electron chi connectivity index (χ2n) is 6.55. The molecule has 1 atom stereocenters. The van der Waals surface area contributed by atoms with Crippen molar-refractivity contribution in [1.82, 2.24) is 4.90 Å². The van der Waals surface area contributed by atoms with E-state index in [1.165, 1.54) is 4.88 Å². The first-order valence-electron chi connectivity index (χ1n) is 8.82. The number of rotatable bonds is 8. The molecule has 1 N–H and O–H groups in total. The summed E-state index contributed by atoms with van der Waals surface area (Å²) in [5, 5.41) is 12.2. The minimum atomic E-state index is -0.485. The van der Waals surface area contributed by atoms with E-state index in [4.69, 9.17) is 4.74 Å². The Labute approximate surface area is 153 Å². The van der Waals surface area contributed by atoms with Crippen molar-refractivity contribution in [2.45, 2.75) is 25.6 Å². The standard InChI is InChI=1S/C20H25NO3S/c22-18(14-24-15-19-7-4-12-25-19)13-21-10-8-17(9-11-21)20(23)16-5-2-1-3-6-16/h1-7,12,17-18,22H,8-11,13-15H2. The summed E-state index contributed by atoms with van der Waals surface area (Å²) in [6.45, 7) is 3.22. The van der Waals surface area contributed by atoms with Crippen molar-refractivity contribution in [3.05, 3.63) is 58.3 Å². The zero-order valence-electron chi connectivity index (χ0n) is 14.3. The number of aliphatic hydroxyl groups is 1. The van der Waals surface area contributed by atoms with Crippen LogP contribution in [0.2, 0.25) is 0 Å². The van der Waals surface area contributed by atoms with Gasteiger partial charge in [-0.05, 0) is 37.4 Å². The molecule has 0 spiro atoms. The van der Waals surface area contributed by atoms with Gasteiger partial charge in [-0.1, -0.05) is 36.4 Å². The van der Waals surface area contributed by atoms with Crippen LogP contribution in [-0.2, 0) is 11.3 Å². The Kier molecular flexibility index (Phi) is 6.76. The van der Waals surface area contributed by atoms with Gasteiger partial charge in [0.2, 0.25) is 0 Å². The minimum absolute atomic E-state index is 0.103. The van der Waals surface area contributed by atoms with Crippen LogP contribution >= 0.6 is 11.3 Å². The number of carbonyl (C=O) groups is 1. The van der Waals surface area contributed by atoms with Crippen molar-refractivity contribution >= 4 is 17.1 Å².